The summed E-state index contributed by atoms with van der Waals surface area (Å²) in [5.41, 5.74) is 2.74. The number of aromatic nitrogens is 1. The topological polar surface area (TPSA) is 53.8 Å². The average molecular weight is 321 g/mol. The van der Waals surface area contributed by atoms with Crippen molar-refractivity contribution >= 4 is 5.52 Å². The third-order valence-corrected chi connectivity index (χ3v) is 4.58. The van der Waals surface area contributed by atoms with Crippen LogP contribution in [0.5, 0.6) is 0 Å². The van der Waals surface area contributed by atoms with Crippen LogP contribution in [-0.2, 0) is 11.3 Å². The lowest BCUT2D eigenvalue weighted by atomic mass is 10.1. The molecule has 1 atom stereocenters. The van der Waals surface area contributed by atoms with Crippen LogP contribution in [0, 0.1) is 18.3 Å². The van der Waals surface area contributed by atoms with Gasteiger partial charge in [-0.05, 0) is 31.2 Å². The van der Waals surface area contributed by atoms with Gasteiger partial charge in [-0.3, -0.25) is 4.90 Å². The smallest absolute Gasteiger partial charge is 0.123 e. The number of morpholine rings is 1. The predicted octanol–water partition coefficient (Wildman–Crippen LogP) is 3.29. The first-order chi connectivity index (χ1) is 11.8. The van der Waals surface area contributed by atoms with E-state index in [0.29, 0.717) is 19.8 Å². The molecule has 122 valence electrons. The minimum absolute atomic E-state index is 0.0852. The van der Waals surface area contributed by atoms with Crippen LogP contribution in [0.25, 0.3) is 5.52 Å². The number of ether oxygens (including phenoxy) is 1. The van der Waals surface area contributed by atoms with Crippen molar-refractivity contribution in [3.8, 4) is 6.07 Å². The maximum Gasteiger partial charge on any atom is 0.123 e. The van der Waals surface area contributed by atoms with E-state index < -0.39 is 0 Å². The molecule has 5 nitrogen and oxygen atoms in total. The number of fused-ring (bicyclic) bond motifs is 1. The Bertz CT molecular complexity index is 903. The number of pyridine rings is 1. The molecule has 24 heavy (non-hydrogen) atoms. The van der Waals surface area contributed by atoms with Crippen LogP contribution in [0.4, 0.5) is 0 Å². The molecule has 4 rings (SSSR count). The molecule has 1 fully saturated rings. The lowest BCUT2D eigenvalue weighted by Gasteiger charge is -2.34. The fourth-order valence-electron chi connectivity index (χ4n) is 3.37. The molecule has 1 aliphatic heterocycles. The second kappa shape index (κ2) is 6.16. The van der Waals surface area contributed by atoms with E-state index in [1.54, 1.807) is 0 Å². The van der Waals surface area contributed by atoms with Gasteiger partial charge in [0.1, 0.15) is 17.6 Å². The van der Waals surface area contributed by atoms with Crippen molar-refractivity contribution in [3.05, 3.63) is 65.4 Å². The van der Waals surface area contributed by atoms with E-state index in [1.165, 1.54) is 0 Å². The number of nitrogens with zero attached hydrogens (tertiary/aromatic N) is 3. The van der Waals surface area contributed by atoms with Crippen molar-refractivity contribution in [2.45, 2.75) is 19.5 Å². The molecule has 0 aromatic carbocycles. The van der Waals surface area contributed by atoms with Gasteiger partial charge in [-0.15, -0.1) is 0 Å². The summed E-state index contributed by atoms with van der Waals surface area (Å²) in [6.45, 7) is 4.79. The van der Waals surface area contributed by atoms with E-state index in [-0.39, 0.29) is 6.04 Å². The van der Waals surface area contributed by atoms with Gasteiger partial charge < -0.3 is 13.6 Å². The molecule has 0 radical (unpaired) electrons. The van der Waals surface area contributed by atoms with Crippen molar-refractivity contribution in [1.82, 2.24) is 9.30 Å². The molecular weight excluding hydrogens is 302 g/mol. The zero-order valence-electron chi connectivity index (χ0n) is 13.6. The van der Waals surface area contributed by atoms with Gasteiger partial charge in [0.15, 0.2) is 0 Å². The van der Waals surface area contributed by atoms with Gasteiger partial charge in [0, 0.05) is 31.0 Å². The maximum atomic E-state index is 9.60. The summed E-state index contributed by atoms with van der Waals surface area (Å²) in [6.07, 6.45) is 4.03. The summed E-state index contributed by atoms with van der Waals surface area (Å²) in [5.74, 6) is 1.83. The summed E-state index contributed by atoms with van der Waals surface area (Å²) in [6, 6.07) is 12.4. The monoisotopic (exact) mass is 321 g/mol. The molecule has 1 aliphatic rings. The first-order valence-electron chi connectivity index (χ1n) is 8.13. The SMILES string of the molecule is Cc1ccc([C@H]2COCCN2Cc2cn3ccccc3c2C#N)o1. The van der Waals surface area contributed by atoms with Crippen molar-refractivity contribution in [2.24, 2.45) is 0 Å². The maximum absolute atomic E-state index is 9.60. The number of rotatable bonds is 3. The standard InChI is InChI=1S/C19H19N3O2/c1-14-5-6-19(24-14)18-13-23-9-8-22(18)12-15-11-21-7-3-2-4-17(21)16(15)10-20/h2-7,11,18H,8-9,12-13H2,1H3/t18-/m1/s1. The van der Waals surface area contributed by atoms with Gasteiger partial charge in [-0.1, -0.05) is 6.07 Å². The number of furan rings is 1. The quantitative estimate of drug-likeness (QED) is 0.743. The fourth-order valence-corrected chi connectivity index (χ4v) is 3.37. The Kier molecular flexibility index (Phi) is 3.85. The molecule has 0 N–H and O–H groups in total. The van der Waals surface area contributed by atoms with Crippen LogP contribution in [0.1, 0.15) is 28.7 Å². The molecule has 1 saturated heterocycles. The van der Waals surface area contributed by atoms with E-state index in [9.17, 15) is 5.26 Å². The minimum atomic E-state index is 0.0852. The Morgan fingerprint density at radius 1 is 1.29 bits per heavy atom. The van der Waals surface area contributed by atoms with Crippen molar-refractivity contribution in [2.75, 3.05) is 19.8 Å². The Balaban J connectivity index is 1.67. The number of nitriles is 1. The highest BCUT2D eigenvalue weighted by atomic mass is 16.5. The van der Waals surface area contributed by atoms with Crippen LogP contribution in [0.3, 0.4) is 0 Å². The molecule has 3 aromatic heterocycles. The lowest BCUT2D eigenvalue weighted by molar-refractivity contribution is -0.0205. The number of hydrogen-bond acceptors (Lipinski definition) is 4. The normalized spacial score (nSPS) is 18.8. The summed E-state index contributed by atoms with van der Waals surface area (Å²) < 4.78 is 13.5. The Morgan fingerprint density at radius 3 is 3.00 bits per heavy atom. The lowest BCUT2D eigenvalue weighted by Crippen LogP contribution is -2.38. The van der Waals surface area contributed by atoms with Gasteiger partial charge in [0.25, 0.3) is 0 Å². The molecule has 5 heteroatoms. The van der Waals surface area contributed by atoms with E-state index >= 15 is 0 Å². The molecule has 0 amide bonds. The first-order valence-corrected chi connectivity index (χ1v) is 8.13. The predicted molar refractivity (Wildman–Crippen MR) is 89.5 cm³/mol. The van der Waals surface area contributed by atoms with E-state index in [2.05, 4.69) is 11.0 Å². The second-order valence-corrected chi connectivity index (χ2v) is 6.14. The second-order valence-electron chi connectivity index (χ2n) is 6.14. The van der Waals surface area contributed by atoms with Gasteiger partial charge in [-0.2, -0.15) is 5.26 Å². The van der Waals surface area contributed by atoms with E-state index in [1.807, 2.05) is 54.0 Å². The molecule has 0 unspecified atom stereocenters. The third-order valence-electron chi connectivity index (χ3n) is 4.58. The van der Waals surface area contributed by atoms with Gasteiger partial charge in [0.2, 0.25) is 0 Å². The summed E-state index contributed by atoms with van der Waals surface area (Å²) in [7, 11) is 0. The first kappa shape index (κ1) is 15.0. The van der Waals surface area contributed by atoms with Gasteiger partial charge >= 0.3 is 0 Å². The third kappa shape index (κ3) is 2.60. The Hall–Kier alpha value is -2.55. The molecule has 3 aromatic rings. The molecule has 0 saturated carbocycles. The molecule has 4 heterocycles. The van der Waals surface area contributed by atoms with Crippen LogP contribution >= 0.6 is 0 Å². The summed E-state index contributed by atoms with van der Waals surface area (Å²) >= 11 is 0. The largest absolute Gasteiger partial charge is 0.465 e. The van der Waals surface area contributed by atoms with Crippen molar-refractivity contribution in [3.63, 3.8) is 0 Å². The van der Waals surface area contributed by atoms with Gasteiger partial charge in [0.05, 0.1) is 30.3 Å². The zero-order chi connectivity index (χ0) is 16.5. The number of aryl methyl sites for hydroxylation is 1. The Morgan fingerprint density at radius 2 is 2.21 bits per heavy atom. The molecular formula is C19H19N3O2. The van der Waals surface area contributed by atoms with Crippen molar-refractivity contribution < 1.29 is 9.15 Å². The van der Waals surface area contributed by atoms with E-state index in [4.69, 9.17) is 9.15 Å². The highest BCUT2D eigenvalue weighted by Gasteiger charge is 2.28. The minimum Gasteiger partial charge on any atom is -0.465 e. The summed E-state index contributed by atoms with van der Waals surface area (Å²) in [4.78, 5) is 2.33. The number of hydrogen-bond donors (Lipinski definition) is 0. The fraction of sp³-hybridized carbons (Fsp3) is 0.316. The van der Waals surface area contributed by atoms with Crippen LogP contribution in [0.2, 0.25) is 0 Å². The average Bonchev–Trinajstić information content (AvgIpc) is 3.18. The van der Waals surface area contributed by atoms with Crippen molar-refractivity contribution in [1.29, 1.82) is 5.26 Å². The van der Waals surface area contributed by atoms with Crippen LogP contribution in [0.15, 0.2) is 47.1 Å². The van der Waals surface area contributed by atoms with Gasteiger partial charge in [-0.25, -0.2) is 0 Å². The highest BCUT2D eigenvalue weighted by Crippen LogP contribution is 2.29. The molecule has 0 bridgehead atoms. The van der Waals surface area contributed by atoms with Crippen LogP contribution < -0.4 is 0 Å². The molecule has 0 spiro atoms. The molecule has 0 aliphatic carbocycles. The zero-order valence-corrected chi connectivity index (χ0v) is 13.6. The van der Waals surface area contributed by atoms with E-state index in [0.717, 1.165) is 34.7 Å². The summed E-state index contributed by atoms with van der Waals surface area (Å²) in [5, 5.41) is 9.60. The Labute approximate surface area is 140 Å². The van der Waals surface area contributed by atoms with Crippen LogP contribution in [-0.4, -0.2) is 29.1 Å². The highest BCUT2D eigenvalue weighted by molar-refractivity contribution is 5.65.